The normalized spacial score (nSPS) is 13.9. The van der Waals surface area contributed by atoms with Crippen LogP contribution in [0.4, 0.5) is 5.69 Å². The lowest BCUT2D eigenvalue weighted by atomic mass is 10.2. The number of hydrogen-bond donors (Lipinski definition) is 0. The molecule has 0 saturated carbocycles. The smallest absolute Gasteiger partial charge is 0.338 e. The second-order valence-corrected chi connectivity index (χ2v) is 8.92. The number of carbonyl (C=O) groups excluding carboxylic acids is 3. The molecule has 0 aliphatic carbocycles. The number of anilines is 1. The molecule has 1 aliphatic heterocycles. The summed E-state index contributed by atoms with van der Waals surface area (Å²) in [6.07, 6.45) is 0.860. The van der Waals surface area contributed by atoms with Gasteiger partial charge in [0.2, 0.25) is 5.91 Å². The second kappa shape index (κ2) is 8.85. The first-order valence-corrected chi connectivity index (χ1v) is 10.9. The van der Waals surface area contributed by atoms with E-state index < -0.39 is 28.5 Å². The molecule has 0 bridgehead atoms. The van der Waals surface area contributed by atoms with Crippen LogP contribution in [0.2, 0.25) is 5.02 Å². The van der Waals surface area contributed by atoms with Crippen LogP contribution >= 0.6 is 11.6 Å². The molecule has 0 radical (unpaired) electrons. The first kappa shape index (κ1) is 21.8. The number of hydrogen-bond acceptors (Lipinski definition) is 6. The van der Waals surface area contributed by atoms with Crippen LogP contribution in [0.25, 0.3) is 0 Å². The SMILES string of the molecule is CN(c1ccccc1)S(=O)(=O)c1cc(C(=O)OCC(=O)N2CCCC2=O)ccc1Cl. The van der Waals surface area contributed by atoms with Crippen molar-refractivity contribution in [2.75, 3.05) is 24.5 Å². The highest BCUT2D eigenvalue weighted by Gasteiger charge is 2.28. The highest BCUT2D eigenvalue weighted by atomic mass is 35.5. The minimum Gasteiger partial charge on any atom is -0.452 e. The summed E-state index contributed by atoms with van der Waals surface area (Å²) in [5.74, 6) is -1.82. The van der Waals surface area contributed by atoms with E-state index in [2.05, 4.69) is 0 Å². The van der Waals surface area contributed by atoms with E-state index in [0.29, 0.717) is 18.7 Å². The minimum atomic E-state index is -4.06. The summed E-state index contributed by atoms with van der Waals surface area (Å²) >= 11 is 6.09. The predicted octanol–water partition coefficient (Wildman–Crippen LogP) is 2.47. The van der Waals surface area contributed by atoms with Crippen molar-refractivity contribution in [3.63, 3.8) is 0 Å². The maximum Gasteiger partial charge on any atom is 0.338 e. The molecule has 10 heteroatoms. The molecule has 1 aliphatic rings. The maximum absolute atomic E-state index is 13.0. The number of benzene rings is 2. The molecule has 30 heavy (non-hydrogen) atoms. The van der Waals surface area contributed by atoms with Gasteiger partial charge in [0, 0.05) is 20.0 Å². The van der Waals surface area contributed by atoms with E-state index in [-0.39, 0.29) is 27.8 Å². The van der Waals surface area contributed by atoms with E-state index in [0.717, 1.165) is 15.3 Å². The zero-order chi connectivity index (χ0) is 21.9. The highest BCUT2D eigenvalue weighted by molar-refractivity contribution is 7.93. The van der Waals surface area contributed by atoms with E-state index in [1.807, 2.05) is 0 Å². The molecular formula is C20H19ClN2O6S. The van der Waals surface area contributed by atoms with Gasteiger partial charge >= 0.3 is 5.97 Å². The Hall–Kier alpha value is -2.91. The summed E-state index contributed by atoms with van der Waals surface area (Å²) in [5, 5.41) is -0.0620. The van der Waals surface area contributed by atoms with Crippen LogP contribution < -0.4 is 4.31 Å². The third kappa shape index (κ3) is 4.47. The van der Waals surface area contributed by atoms with E-state index in [1.165, 1.54) is 19.2 Å². The number of sulfonamides is 1. The zero-order valence-electron chi connectivity index (χ0n) is 16.1. The molecule has 8 nitrogen and oxygen atoms in total. The average Bonchev–Trinajstić information content (AvgIpc) is 3.18. The molecule has 158 valence electrons. The van der Waals surface area contributed by atoms with Crippen LogP contribution in [-0.2, 0) is 24.3 Å². The molecule has 0 unspecified atom stereocenters. The molecule has 1 fully saturated rings. The van der Waals surface area contributed by atoms with Gasteiger partial charge in [-0.15, -0.1) is 0 Å². The molecule has 0 spiro atoms. The summed E-state index contributed by atoms with van der Waals surface area (Å²) in [5.41, 5.74) is 0.336. The standard InChI is InChI=1S/C20H19ClN2O6S/c1-22(15-6-3-2-4-7-15)30(27,28)17-12-14(9-10-16(17)21)20(26)29-13-19(25)23-11-5-8-18(23)24/h2-4,6-7,9-10,12H,5,8,11,13H2,1H3. The van der Waals surface area contributed by atoms with E-state index in [9.17, 15) is 22.8 Å². The Morgan fingerprint density at radius 1 is 1.17 bits per heavy atom. The molecule has 2 amide bonds. The quantitative estimate of drug-likeness (QED) is 0.626. The Morgan fingerprint density at radius 2 is 1.87 bits per heavy atom. The number of amides is 2. The highest BCUT2D eigenvalue weighted by Crippen LogP contribution is 2.28. The van der Waals surface area contributed by atoms with Gasteiger partial charge in [0.25, 0.3) is 15.9 Å². The number of para-hydroxylation sites is 1. The first-order valence-electron chi connectivity index (χ1n) is 9.05. The van der Waals surface area contributed by atoms with Crippen molar-refractivity contribution in [1.29, 1.82) is 0 Å². The fraction of sp³-hybridized carbons (Fsp3) is 0.250. The Bertz CT molecular complexity index is 1090. The van der Waals surface area contributed by atoms with Gasteiger partial charge in [-0.05, 0) is 36.8 Å². The molecule has 0 aromatic heterocycles. The summed E-state index contributed by atoms with van der Waals surface area (Å²) in [6.45, 7) is -0.316. The van der Waals surface area contributed by atoms with Gasteiger partial charge in [-0.25, -0.2) is 13.2 Å². The molecular weight excluding hydrogens is 432 g/mol. The average molecular weight is 451 g/mol. The van der Waals surface area contributed by atoms with Gasteiger partial charge in [-0.1, -0.05) is 29.8 Å². The van der Waals surface area contributed by atoms with Crippen molar-refractivity contribution < 1.29 is 27.5 Å². The lowest BCUT2D eigenvalue weighted by molar-refractivity contribution is -0.143. The molecule has 1 heterocycles. The summed E-state index contributed by atoms with van der Waals surface area (Å²) in [4.78, 5) is 36.7. The Kier molecular flexibility index (Phi) is 6.42. The molecule has 0 atom stereocenters. The largest absolute Gasteiger partial charge is 0.452 e. The van der Waals surface area contributed by atoms with Crippen molar-refractivity contribution >= 4 is 45.1 Å². The third-order valence-corrected chi connectivity index (χ3v) is 6.89. The van der Waals surface area contributed by atoms with Crippen LogP contribution in [0.3, 0.4) is 0 Å². The number of esters is 1. The van der Waals surface area contributed by atoms with Crippen molar-refractivity contribution in [3.05, 3.63) is 59.1 Å². The number of rotatable bonds is 6. The molecule has 0 N–H and O–H groups in total. The number of carbonyl (C=O) groups is 3. The fourth-order valence-corrected chi connectivity index (χ4v) is 4.65. The fourth-order valence-electron chi connectivity index (χ4n) is 2.95. The van der Waals surface area contributed by atoms with Gasteiger partial charge in [-0.2, -0.15) is 0 Å². The van der Waals surface area contributed by atoms with Crippen LogP contribution in [0.5, 0.6) is 0 Å². The predicted molar refractivity (Wildman–Crippen MR) is 110 cm³/mol. The summed E-state index contributed by atoms with van der Waals surface area (Å²) in [6, 6.07) is 12.1. The van der Waals surface area contributed by atoms with Gasteiger partial charge in [-0.3, -0.25) is 18.8 Å². The molecule has 2 aromatic carbocycles. The van der Waals surface area contributed by atoms with Crippen molar-refractivity contribution in [1.82, 2.24) is 4.90 Å². The number of likely N-dealkylation sites (tertiary alicyclic amines) is 1. The van der Waals surface area contributed by atoms with E-state index in [4.69, 9.17) is 16.3 Å². The maximum atomic E-state index is 13.0. The number of halogens is 1. The molecule has 3 rings (SSSR count). The van der Waals surface area contributed by atoms with Crippen molar-refractivity contribution in [2.24, 2.45) is 0 Å². The second-order valence-electron chi connectivity index (χ2n) is 6.57. The van der Waals surface area contributed by atoms with Crippen molar-refractivity contribution in [3.8, 4) is 0 Å². The van der Waals surface area contributed by atoms with Crippen LogP contribution in [0, 0.1) is 0 Å². The van der Waals surface area contributed by atoms with E-state index >= 15 is 0 Å². The van der Waals surface area contributed by atoms with Gasteiger partial charge in [0.15, 0.2) is 6.61 Å². The Labute approximate surface area is 179 Å². The van der Waals surface area contributed by atoms with Crippen LogP contribution in [0.1, 0.15) is 23.2 Å². The van der Waals surface area contributed by atoms with Gasteiger partial charge < -0.3 is 4.74 Å². The lowest BCUT2D eigenvalue weighted by Crippen LogP contribution is -2.35. The minimum absolute atomic E-state index is 0.0620. The van der Waals surface area contributed by atoms with Crippen LogP contribution in [-0.4, -0.2) is 51.3 Å². The summed E-state index contributed by atoms with van der Waals surface area (Å²) in [7, 11) is -2.68. The first-order chi connectivity index (χ1) is 14.2. The zero-order valence-corrected chi connectivity index (χ0v) is 17.6. The monoisotopic (exact) mass is 450 g/mol. The van der Waals surface area contributed by atoms with Crippen molar-refractivity contribution in [2.45, 2.75) is 17.7 Å². The van der Waals surface area contributed by atoms with E-state index in [1.54, 1.807) is 30.3 Å². The van der Waals surface area contributed by atoms with Gasteiger partial charge in [0.05, 0.1) is 16.3 Å². The number of ether oxygens (including phenoxy) is 1. The number of nitrogens with zero attached hydrogens (tertiary/aromatic N) is 2. The number of imide groups is 1. The molecule has 2 aromatic rings. The third-order valence-electron chi connectivity index (χ3n) is 4.63. The Balaban J connectivity index is 1.78. The topological polar surface area (TPSA) is 101 Å². The van der Waals surface area contributed by atoms with Crippen LogP contribution in [0.15, 0.2) is 53.4 Å². The Morgan fingerprint density at radius 3 is 2.50 bits per heavy atom. The summed E-state index contributed by atoms with van der Waals surface area (Å²) < 4.78 is 32.0. The lowest BCUT2D eigenvalue weighted by Gasteiger charge is -2.20. The van der Waals surface area contributed by atoms with Gasteiger partial charge in [0.1, 0.15) is 4.90 Å². The molecule has 1 saturated heterocycles.